The number of rotatable bonds is 4. The number of esters is 1. The minimum Gasteiger partial charge on any atom is -0.496 e. The molecule has 0 fully saturated rings. The normalized spacial score (nSPS) is 15.1. The summed E-state index contributed by atoms with van der Waals surface area (Å²) < 4.78 is 10.3. The van der Waals surface area contributed by atoms with Crippen LogP contribution in [0.5, 0.6) is 5.75 Å². The molecule has 1 aromatic carbocycles. The van der Waals surface area contributed by atoms with Crippen LogP contribution in [0, 0.1) is 0 Å². The number of hydrogen-bond acceptors (Lipinski definition) is 4. The lowest BCUT2D eigenvalue weighted by molar-refractivity contribution is -0.142. The van der Waals surface area contributed by atoms with E-state index >= 15 is 0 Å². The van der Waals surface area contributed by atoms with Gasteiger partial charge in [0, 0.05) is 18.7 Å². The SMILES string of the molecule is COC(=O)CN1CCc2cc(C(C)C)cc(OC)c2C1. The number of fused-ring (bicyclic) bond motifs is 1. The summed E-state index contributed by atoms with van der Waals surface area (Å²) in [5.41, 5.74) is 3.85. The van der Waals surface area contributed by atoms with E-state index in [9.17, 15) is 4.79 Å². The molecule has 4 nitrogen and oxygen atoms in total. The van der Waals surface area contributed by atoms with E-state index in [1.807, 2.05) is 0 Å². The molecule has 0 saturated carbocycles. The summed E-state index contributed by atoms with van der Waals surface area (Å²) in [6.45, 7) is 6.34. The highest BCUT2D eigenvalue weighted by Crippen LogP contribution is 2.32. The molecule has 0 atom stereocenters. The van der Waals surface area contributed by atoms with Crippen LogP contribution in [0.25, 0.3) is 0 Å². The number of nitrogens with zero attached hydrogens (tertiary/aromatic N) is 1. The second kappa shape index (κ2) is 6.27. The van der Waals surface area contributed by atoms with Crippen molar-refractivity contribution in [3.63, 3.8) is 0 Å². The number of methoxy groups -OCH3 is 2. The Morgan fingerprint density at radius 1 is 1.35 bits per heavy atom. The first-order chi connectivity index (χ1) is 9.55. The fourth-order valence-corrected chi connectivity index (χ4v) is 2.61. The topological polar surface area (TPSA) is 38.8 Å². The molecule has 0 amide bonds. The van der Waals surface area contributed by atoms with Crippen LogP contribution in [-0.2, 0) is 22.5 Å². The molecule has 0 bridgehead atoms. The largest absolute Gasteiger partial charge is 0.496 e. The summed E-state index contributed by atoms with van der Waals surface area (Å²) in [5.74, 6) is 1.23. The Labute approximate surface area is 120 Å². The third kappa shape index (κ3) is 3.12. The van der Waals surface area contributed by atoms with Gasteiger partial charge in [0.15, 0.2) is 0 Å². The predicted octanol–water partition coefficient (Wildman–Crippen LogP) is 2.35. The maximum Gasteiger partial charge on any atom is 0.319 e. The monoisotopic (exact) mass is 277 g/mol. The first-order valence-electron chi connectivity index (χ1n) is 7.04. The minimum absolute atomic E-state index is 0.189. The summed E-state index contributed by atoms with van der Waals surface area (Å²) >= 11 is 0. The van der Waals surface area contributed by atoms with Gasteiger partial charge < -0.3 is 9.47 Å². The smallest absolute Gasteiger partial charge is 0.319 e. The lowest BCUT2D eigenvalue weighted by Gasteiger charge is -2.29. The van der Waals surface area contributed by atoms with Gasteiger partial charge in [0.25, 0.3) is 0 Å². The van der Waals surface area contributed by atoms with Crippen LogP contribution < -0.4 is 4.74 Å². The van der Waals surface area contributed by atoms with Gasteiger partial charge in [-0.15, -0.1) is 0 Å². The Hall–Kier alpha value is -1.55. The summed E-state index contributed by atoms with van der Waals surface area (Å²) in [5, 5.41) is 0. The number of ether oxygens (including phenoxy) is 2. The molecule has 1 aliphatic heterocycles. The standard InChI is InChI=1S/C16H23NO3/c1-11(2)13-7-12-5-6-17(10-16(18)20-4)9-14(12)15(8-13)19-3/h7-8,11H,5-6,9-10H2,1-4H3. The Morgan fingerprint density at radius 2 is 2.10 bits per heavy atom. The summed E-state index contributed by atoms with van der Waals surface area (Å²) in [6, 6.07) is 4.39. The Morgan fingerprint density at radius 3 is 2.70 bits per heavy atom. The van der Waals surface area contributed by atoms with E-state index in [4.69, 9.17) is 9.47 Å². The molecule has 1 heterocycles. The fraction of sp³-hybridized carbons (Fsp3) is 0.562. The fourth-order valence-electron chi connectivity index (χ4n) is 2.61. The highest BCUT2D eigenvalue weighted by atomic mass is 16.5. The van der Waals surface area contributed by atoms with Crippen LogP contribution >= 0.6 is 0 Å². The second-order valence-corrected chi connectivity index (χ2v) is 5.55. The van der Waals surface area contributed by atoms with Gasteiger partial charge in [-0.05, 0) is 29.5 Å². The van der Waals surface area contributed by atoms with E-state index in [1.165, 1.54) is 23.8 Å². The molecular formula is C16H23NO3. The number of hydrogen-bond donors (Lipinski definition) is 0. The Bertz CT molecular complexity index is 479. The molecule has 110 valence electrons. The highest BCUT2D eigenvalue weighted by Gasteiger charge is 2.22. The zero-order valence-electron chi connectivity index (χ0n) is 12.7. The summed E-state index contributed by atoms with van der Waals surface area (Å²) in [4.78, 5) is 13.5. The maximum atomic E-state index is 11.4. The molecular weight excluding hydrogens is 254 g/mol. The van der Waals surface area contributed by atoms with E-state index in [-0.39, 0.29) is 5.97 Å². The molecule has 0 aliphatic carbocycles. The van der Waals surface area contributed by atoms with Crippen LogP contribution in [0.3, 0.4) is 0 Å². The van der Waals surface area contributed by atoms with Gasteiger partial charge in [0.2, 0.25) is 0 Å². The first kappa shape index (κ1) is 14.9. The van der Waals surface area contributed by atoms with Gasteiger partial charge in [0.05, 0.1) is 20.8 Å². The van der Waals surface area contributed by atoms with Crippen molar-refractivity contribution in [3.05, 3.63) is 28.8 Å². The van der Waals surface area contributed by atoms with E-state index < -0.39 is 0 Å². The van der Waals surface area contributed by atoms with Crippen LogP contribution in [0.4, 0.5) is 0 Å². The average Bonchev–Trinajstić information content (AvgIpc) is 2.45. The molecule has 2 rings (SSSR count). The van der Waals surface area contributed by atoms with Crippen molar-refractivity contribution in [1.29, 1.82) is 0 Å². The van der Waals surface area contributed by atoms with Gasteiger partial charge in [0.1, 0.15) is 5.75 Å². The van der Waals surface area contributed by atoms with Crippen molar-refractivity contribution in [2.45, 2.75) is 32.7 Å². The third-order valence-corrected chi connectivity index (χ3v) is 3.87. The van der Waals surface area contributed by atoms with E-state index in [0.29, 0.717) is 12.5 Å². The molecule has 0 N–H and O–H groups in total. The number of carbonyl (C=O) groups excluding carboxylic acids is 1. The van der Waals surface area contributed by atoms with E-state index in [2.05, 4.69) is 30.9 Å². The lowest BCUT2D eigenvalue weighted by Crippen LogP contribution is -2.35. The van der Waals surface area contributed by atoms with Gasteiger partial charge in [-0.3, -0.25) is 9.69 Å². The van der Waals surface area contributed by atoms with Crippen molar-refractivity contribution in [3.8, 4) is 5.75 Å². The van der Waals surface area contributed by atoms with Crippen molar-refractivity contribution in [2.24, 2.45) is 0 Å². The molecule has 1 aromatic rings. The maximum absolute atomic E-state index is 11.4. The zero-order chi connectivity index (χ0) is 14.7. The lowest BCUT2D eigenvalue weighted by atomic mass is 9.92. The number of benzene rings is 1. The second-order valence-electron chi connectivity index (χ2n) is 5.55. The predicted molar refractivity (Wildman–Crippen MR) is 78.1 cm³/mol. The van der Waals surface area contributed by atoms with Crippen LogP contribution in [0.1, 0.15) is 36.5 Å². The van der Waals surface area contributed by atoms with Gasteiger partial charge in [-0.25, -0.2) is 0 Å². The Kier molecular flexibility index (Phi) is 4.65. The van der Waals surface area contributed by atoms with Crippen molar-refractivity contribution < 1.29 is 14.3 Å². The van der Waals surface area contributed by atoms with Crippen molar-refractivity contribution in [2.75, 3.05) is 27.3 Å². The van der Waals surface area contributed by atoms with Crippen LogP contribution in [0.2, 0.25) is 0 Å². The number of carbonyl (C=O) groups is 1. The van der Waals surface area contributed by atoms with Crippen molar-refractivity contribution in [1.82, 2.24) is 4.90 Å². The minimum atomic E-state index is -0.189. The van der Waals surface area contributed by atoms with Gasteiger partial charge in [-0.2, -0.15) is 0 Å². The molecule has 0 radical (unpaired) electrons. The molecule has 0 unspecified atom stereocenters. The highest BCUT2D eigenvalue weighted by molar-refractivity contribution is 5.71. The molecule has 0 saturated heterocycles. The molecule has 0 spiro atoms. The summed E-state index contributed by atoms with van der Waals surface area (Å²) in [6.07, 6.45) is 0.948. The Balaban J connectivity index is 2.25. The van der Waals surface area contributed by atoms with Crippen LogP contribution in [0.15, 0.2) is 12.1 Å². The molecule has 20 heavy (non-hydrogen) atoms. The van der Waals surface area contributed by atoms with Gasteiger partial charge in [-0.1, -0.05) is 19.9 Å². The van der Waals surface area contributed by atoms with E-state index in [1.54, 1.807) is 7.11 Å². The molecule has 1 aliphatic rings. The van der Waals surface area contributed by atoms with Gasteiger partial charge >= 0.3 is 5.97 Å². The molecule has 4 heteroatoms. The quantitative estimate of drug-likeness (QED) is 0.792. The van der Waals surface area contributed by atoms with Crippen LogP contribution in [-0.4, -0.2) is 38.2 Å². The van der Waals surface area contributed by atoms with E-state index in [0.717, 1.165) is 25.3 Å². The first-order valence-corrected chi connectivity index (χ1v) is 7.04. The zero-order valence-corrected chi connectivity index (χ0v) is 12.7. The average molecular weight is 277 g/mol. The molecule has 0 aromatic heterocycles. The third-order valence-electron chi connectivity index (χ3n) is 3.87. The summed E-state index contributed by atoms with van der Waals surface area (Å²) in [7, 11) is 3.13. The van der Waals surface area contributed by atoms with Crippen molar-refractivity contribution >= 4 is 5.97 Å².